The van der Waals surface area contributed by atoms with Crippen LogP contribution in [-0.2, 0) is 26.2 Å². The van der Waals surface area contributed by atoms with Gasteiger partial charge in [-0.2, -0.15) is 0 Å². The van der Waals surface area contributed by atoms with Gasteiger partial charge in [0.25, 0.3) is 5.69 Å². The number of carbonyl (C=O) groups excluding carboxylic acids is 2. The number of nitro benzene ring substituents is 1. The maximum atomic E-state index is 13.4. The molecule has 184 valence electrons. The van der Waals surface area contributed by atoms with Gasteiger partial charge >= 0.3 is 0 Å². The highest BCUT2D eigenvalue weighted by Gasteiger charge is 2.31. The number of nitro groups is 1. The highest BCUT2D eigenvalue weighted by atomic mass is 35.5. The van der Waals surface area contributed by atoms with E-state index in [9.17, 15) is 28.1 Å². The van der Waals surface area contributed by atoms with E-state index < -0.39 is 39.3 Å². The second-order valence-electron chi connectivity index (χ2n) is 7.51. The molecule has 2 aromatic carbocycles. The summed E-state index contributed by atoms with van der Waals surface area (Å²) < 4.78 is 26.0. The van der Waals surface area contributed by atoms with Gasteiger partial charge in [-0.15, -0.1) is 0 Å². The number of benzene rings is 2. The number of amides is 2. The largest absolute Gasteiger partial charge is 0.357 e. The van der Waals surface area contributed by atoms with Crippen LogP contribution >= 0.6 is 23.2 Å². The van der Waals surface area contributed by atoms with Crippen molar-refractivity contribution >= 4 is 56.4 Å². The van der Waals surface area contributed by atoms with Gasteiger partial charge < -0.3 is 10.2 Å². The summed E-state index contributed by atoms with van der Waals surface area (Å²) in [6.45, 7) is 2.17. The summed E-state index contributed by atoms with van der Waals surface area (Å²) in [6.07, 6.45) is 0.885. The first-order chi connectivity index (χ1) is 15.8. The van der Waals surface area contributed by atoms with E-state index in [0.717, 1.165) is 21.5 Å². The van der Waals surface area contributed by atoms with Crippen molar-refractivity contribution in [3.63, 3.8) is 0 Å². The first-order valence-electron chi connectivity index (χ1n) is 9.94. The number of anilines is 1. The van der Waals surface area contributed by atoms with Crippen molar-refractivity contribution in [3.8, 4) is 0 Å². The number of halogens is 2. The summed E-state index contributed by atoms with van der Waals surface area (Å²) in [5.41, 5.74) is 0.435. The van der Waals surface area contributed by atoms with Crippen LogP contribution < -0.4 is 9.62 Å². The number of nitrogens with one attached hydrogen (secondary N) is 1. The number of nitrogens with zero attached hydrogens (tertiary/aromatic N) is 3. The average Bonchev–Trinajstić information content (AvgIpc) is 2.75. The van der Waals surface area contributed by atoms with Gasteiger partial charge in [-0.1, -0.05) is 35.3 Å². The lowest BCUT2D eigenvalue weighted by Crippen LogP contribution is -2.50. The predicted octanol–water partition coefficient (Wildman–Crippen LogP) is 3.14. The Morgan fingerprint density at radius 2 is 1.76 bits per heavy atom. The molecule has 0 spiro atoms. The number of sulfonamides is 1. The number of hydrogen-bond acceptors (Lipinski definition) is 6. The number of likely N-dealkylation sites (N-methyl/N-ethyl adjacent to an activating group) is 1. The quantitative estimate of drug-likeness (QED) is 0.391. The third-order valence-electron chi connectivity index (χ3n) is 5.16. The molecule has 0 bridgehead atoms. The van der Waals surface area contributed by atoms with E-state index in [1.54, 1.807) is 25.1 Å². The maximum Gasteiger partial charge on any atom is 0.271 e. The fraction of sp³-hybridized carbons (Fsp3) is 0.333. The molecule has 0 saturated heterocycles. The standard InChI is InChI=1S/C21H24Cl2N4O6S/c1-13-8-9-15(27(30)31)10-19(13)26(34(4,32)33)12-20(28)25(14(2)21(29)24-3)11-16-17(22)6-5-7-18(16)23/h5-10,14H,11-12H2,1-4H3,(H,24,29)/t14-/m1/s1. The smallest absolute Gasteiger partial charge is 0.271 e. The number of non-ortho nitro benzene ring substituents is 1. The van der Waals surface area contributed by atoms with Gasteiger partial charge in [-0.3, -0.25) is 24.0 Å². The summed E-state index contributed by atoms with van der Waals surface area (Å²) in [7, 11) is -2.64. The van der Waals surface area contributed by atoms with Crippen molar-refractivity contribution in [2.75, 3.05) is 24.2 Å². The predicted molar refractivity (Wildman–Crippen MR) is 131 cm³/mol. The van der Waals surface area contributed by atoms with Crippen molar-refractivity contribution in [2.24, 2.45) is 0 Å². The third kappa shape index (κ3) is 6.37. The van der Waals surface area contributed by atoms with Gasteiger partial charge in [0, 0.05) is 41.3 Å². The highest BCUT2D eigenvalue weighted by molar-refractivity contribution is 7.92. The van der Waals surface area contributed by atoms with Gasteiger partial charge in [0.2, 0.25) is 21.8 Å². The Morgan fingerprint density at radius 3 is 2.26 bits per heavy atom. The zero-order chi connectivity index (χ0) is 25.8. The second kappa shape index (κ2) is 11.0. The molecule has 0 fully saturated rings. The van der Waals surface area contributed by atoms with E-state index in [1.165, 1.54) is 26.1 Å². The summed E-state index contributed by atoms with van der Waals surface area (Å²) in [5.74, 6) is -1.22. The van der Waals surface area contributed by atoms with Gasteiger partial charge in [0.15, 0.2) is 0 Å². The SMILES string of the molecule is CNC(=O)[C@@H](C)N(Cc1c(Cl)cccc1Cl)C(=O)CN(c1cc([N+](=O)[O-])ccc1C)S(C)(=O)=O. The van der Waals surface area contributed by atoms with Gasteiger partial charge in [-0.25, -0.2) is 8.42 Å². The van der Waals surface area contributed by atoms with E-state index in [2.05, 4.69) is 5.32 Å². The molecule has 2 aromatic rings. The molecule has 0 aliphatic heterocycles. The van der Waals surface area contributed by atoms with Crippen molar-refractivity contribution in [1.29, 1.82) is 0 Å². The molecular weight excluding hydrogens is 507 g/mol. The zero-order valence-corrected chi connectivity index (χ0v) is 21.2. The first kappa shape index (κ1) is 27.4. The van der Waals surface area contributed by atoms with Crippen LogP contribution in [0.2, 0.25) is 10.0 Å². The van der Waals surface area contributed by atoms with Crippen molar-refractivity contribution in [2.45, 2.75) is 26.4 Å². The van der Waals surface area contributed by atoms with Crippen molar-refractivity contribution in [1.82, 2.24) is 10.2 Å². The highest BCUT2D eigenvalue weighted by Crippen LogP contribution is 2.29. The molecule has 0 radical (unpaired) electrons. The molecule has 1 atom stereocenters. The molecule has 0 heterocycles. The topological polar surface area (TPSA) is 130 Å². The number of hydrogen-bond donors (Lipinski definition) is 1. The molecule has 2 rings (SSSR count). The first-order valence-corrected chi connectivity index (χ1v) is 12.5. The van der Waals surface area contributed by atoms with E-state index in [1.807, 2.05) is 0 Å². The minimum Gasteiger partial charge on any atom is -0.357 e. The van der Waals surface area contributed by atoms with Crippen LogP contribution in [0.15, 0.2) is 36.4 Å². The molecule has 34 heavy (non-hydrogen) atoms. The molecule has 13 heteroatoms. The Morgan fingerprint density at radius 1 is 1.18 bits per heavy atom. The fourth-order valence-electron chi connectivity index (χ4n) is 3.22. The molecular formula is C21H24Cl2N4O6S. The maximum absolute atomic E-state index is 13.4. The second-order valence-corrected chi connectivity index (χ2v) is 10.2. The van der Waals surface area contributed by atoms with Crippen LogP contribution in [0.3, 0.4) is 0 Å². The van der Waals surface area contributed by atoms with Crippen LogP contribution in [0.25, 0.3) is 0 Å². The number of carbonyl (C=O) groups is 2. The van der Waals surface area contributed by atoms with Gasteiger partial charge in [0.1, 0.15) is 12.6 Å². The zero-order valence-electron chi connectivity index (χ0n) is 18.9. The molecule has 0 aliphatic rings. The van der Waals surface area contributed by atoms with E-state index in [4.69, 9.17) is 23.2 Å². The molecule has 0 unspecified atom stereocenters. The lowest BCUT2D eigenvalue weighted by molar-refractivity contribution is -0.384. The van der Waals surface area contributed by atoms with Crippen LogP contribution in [0.5, 0.6) is 0 Å². The summed E-state index contributed by atoms with van der Waals surface area (Å²) in [5, 5.41) is 14.2. The van der Waals surface area contributed by atoms with Crippen LogP contribution in [0, 0.1) is 17.0 Å². The average molecular weight is 531 g/mol. The monoisotopic (exact) mass is 530 g/mol. The molecule has 1 N–H and O–H groups in total. The summed E-state index contributed by atoms with van der Waals surface area (Å²) in [4.78, 5) is 37.5. The summed E-state index contributed by atoms with van der Waals surface area (Å²) in [6, 6.07) is 7.49. The minimum atomic E-state index is -4.04. The molecule has 10 nitrogen and oxygen atoms in total. The van der Waals surface area contributed by atoms with Gasteiger partial charge in [-0.05, 0) is 31.5 Å². The van der Waals surface area contributed by atoms with Crippen LogP contribution in [0.4, 0.5) is 11.4 Å². The molecule has 2 amide bonds. The lowest BCUT2D eigenvalue weighted by atomic mass is 10.1. The third-order valence-corrected chi connectivity index (χ3v) is 6.99. The fourth-order valence-corrected chi connectivity index (χ4v) is 4.64. The Hall–Kier alpha value is -2.89. The van der Waals surface area contributed by atoms with E-state index in [0.29, 0.717) is 11.1 Å². The minimum absolute atomic E-state index is 0.0200. The van der Waals surface area contributed by atoms with Crippen LogP contribution in [0.1, 0.15) is 18.1 Å². The Balaban J connectivity index is 2.53. The van der Waals surface area contributed by atoms with E-state index >= 15 is 0 Å². The van der Waals surface area contributed by atoms with Crippen molar-refractivity contribution < 1.29 is 22.9 Å². The van der Waals surface area contributed by atoms with Crippen LogP contribution in [-0.4, -0.2) is 55.9 Å². The summed E-state index contributed by atoms with van der Waals surface area (Å²) >= 11 is 12.5. The lowest BCUT2D eigenvalue weighted by Gasteiger charge is -2.32. The normalized spacial score (nSPS) is 12.1. The Bertz CT molecular complexity index is 1200. The molecule has 0 aliphatic carbocycles. The molecule has 0 aromatic heterocycles. The van der Waals surface area contributed by atoms with Gasteiger partial charge in [0.05, 0.1) is 16.9 Å². The number of rotatable bonds is 9. The Kier molecular flexibility index (Phi) is 8.87. The van der Waals surface area contributed by atoms with Crippen molar-refractivity contribution in [3.05, 3.63) is 67.7 Å². The Labute approximate surface area is 207 Å². The number of aryl methyl sites for hydroxylation is 1. The molecule has 0 saturated carbocycles. The van der Waals surface area contributed by atoms with E-state index in [-0.39, 0.29) is 28.0 Å².